The number of hydrogen-bond acceptors (Lipinski definition) is 5. The first-order chi connectivity index (χ1) is 14.4. The minimum atomic E-state index is -0.205. The first-order valence-corrected chi connectivity index (χ1v) is 10.7. The molecule has 1 aliphatic heterocycles. The summed E-state index contributed by atoms with van der Waals surface area (Å²) in [6.45, 7) is 4.32. The largest absolute Gasteiger partial charge is 0.486 e. The highest BCUT2D eigenvalue weighted by molar-refractivity contribution is 7.13. The van der Waals surface area contributed by atoms with Gasteiger partial charge in [0.2, 0.25) is 5.91 Å². The van der Waals surface area contributed by atoms with Crippen LogP contribution < -0.4 is 15.0 Å². The van der Waals surface area contributed by atoms with E-state index < -0.39 is 0 Å². The van der Waals surface area contributed by atoms with Crippen LogP contribution in [0.1, 0.15) is 32.9 Å². The van der Waals surface area contributed by atoms with Crippen molar-refractivity contribution in [1.82, 2.24) is 4.98 Å². The predicted molar refractivity (Wildman–Crippen MR) is 119 cm³/mol. The Hall–Kier alpha value is -2.90. The van der Waals surface area contributed by atoms with Gasteiger partial charge in [0.15, 0.2) is 0 Å². The molecular formula is C22H20ClN3O3S. The number of carbonyl (C=O) groups is 2. The second kappa shape index (κ2) is 8.45. The normalized spacial score (nSPS) is 12.6. The lowest BCUT2D eigenvalue weighted by Gasteiger charge is -2.15. The van der Waals surface area contributed by atoms with Crippen molar-refractivity contribution in [1.29, 1.82) is 0 Å². The van der Waals surface area contributed by atoms with E-state index in [9.17, 15) is 9.59 Å². The second-order valence-corrected chi connectivity index (χ2v) is 8.50. The fourth-order valence-corrected chi connectivity index (χ4v) is 4.39. The maximum absolute atomic E-state index is 12.8. The molecule has 1 N–H and O–H groups in total. The molecule has 0 unspecified atom stereocenters. The molecular weight excluding hydrogens is 422 g/mol. The Balaban J connectivity index is 1.43. The van der Waals surface area contributed by atoms with Crippen LogP contribution in [0.5, 0.6) is 5.75 Å². The average molecular weight is 442 g/mol. The third-order valence-electron chi connectivity index (χ3n) is 4.84. The molecule has 8 heteroatoms. The van der Waals surface area contributed by atoms with Gasteiger partial charge in [-0.05, 0) is 61.4 Å². The molecule has 2 amide bonds. The SMILES string of the molecule is CC(=O)N1CCc2cc(NC(=O)c3sc(COc4ccc(Cl)cc4)nc3C)ccc21. The van der Waals surface area contributed by atoms with Crippen molar-refractivity contribution >= 4 is 46.1 Å². The van der Waals surface area contributed by atoms with Gasteiger partial charge in [0.05, 0.1) is 5.69 Å². The minimum Gasteiger partial charge on any atom is -0.486 e. The summed E-state index contributed by atoms with van der Waals surface area (Å²) < 4.78 is 5.72. The fraction of sp³-hybridized carbons (Fsp3) is 0.227. The summed E-state index contributed by atoms with van der Waals surface area (Å²) in [6.07, 6.45) is 0.782. The molecule has 0 spiro atoms. The molecule has 0 fully saturated rings. The van der Waals surface area contributed by atoms with Crippen LogP contribution in [0.25, 0.3) is 0 Å². The number of nitrogens with zero attached hydrogens (tertiary/aromatic N) is 2. The number of nitrogens with one attached hydrogen (secondary N) is 1. The molecule has 0 bridgehead atoms. The van der Waals surface area contributed by atoms with E-state index in [1.807, 2.05) is 25.1 Å². The highest BCUT2D eigenvalue weighted by atomic mass is 35.5. The van der Waals surface area contributed by atoms with E-state index in [0.29, 0.717) is 33.6 Å². The van der Waals surface area contributed by atoms with Gasteiger partial charge in [-0.2, -0.15) is 0 Å². The number of rotatable bonds is 5. The summed E-state index contributed by atoms with van der Waals surface area (Å²) in [5, 5.41) is 4.31. The molecule has 2 aromatic carbocycles. The number of aryl methyl sites for hydroxylation is 1. The Labute approximate surface area is 183 Å². The van der Waals surface area contributed by atoms with Gasteiger partial charge in [0.1, 0.15) is 22.2 Å². The molecule has 2 heterocycles. The third-order valence-corrected chi connectivity index (χ3v) is 6.22. The van der Waals surface area contributed by atoms with Crippen LogP contribution in [0, 0.1) is 6.92 Å². The van der Waals surface area contributed by atoms with Crippen molar-refractivity contribution in [2.45, 2.75) is 26.9 Å². The Morgan fingerprint density at radius 3 is 2.73 bits per heavy atom. The van der Waals surface area contributed by atoms with Gasteiger partial charge < -0.3 is 15.0 Å². The second-order valence-electron chi connectivity index (χ2n) is 6.98. The molecule has 0 saturated carbocycles. The van der Waals surface area contributed by atoms with Gasteiger partial charge in [-0.15, -0.1) is 11.3 Å². The summed E-state index contributed by atoms with van der Waals surface area (Å²) in [5.74, 6) is 0.513. The van der Waals surface area contributed by atoms with Crippen molar-refractivity contribution in [3.63, 3.8) is 0 Å². The molecule has 1 aliphatic rings. The summed E-state index contributed by atoms with van der Waals surface area (Å²) in [7, 11) is 0. The summed E-state index contributed by atoms with van der Waals surface area (Å²) >= 11 is 7.19. The Morgan fingerprint density at radius 2 is 2.00 bits per heavy atom. The molecule has 6 nitrogen and oxygen atoms in total. The molecule has 0 aliphatic carbocycles. The quantitative estimate of drug-likeness (QED) is 0.614. The van der Waals surface area contributed by atoms with Gasteiger partial charge >= 0.3 is 0 Å². The molecule has 1 aromatic heterocycles. The van der Waals surface area contributed by atoms with E-state index >= 15 is 0 Å². The number of anilines is 2. The van der Waals surface area contributed by atoms with Gasteiger partial charge in [-0.3, -0.25) is 9.59 Å². The molecule has 0 saturated heterocycles. The van der Waals surface area contributed by atoms with Crippen molar-refractivity contribution in [3.8, 4) is 5.75 Å². The van der Waals surface area contributed by atoms with Crippen LogP contribution >= 0.6 is 22.9 Å². The maximum atomic E-state index is 12.8. The van der Waals surface area contributed by atoms with Crippen molar-refractivity contribution in [2.24, 2.45) is 0 Å². The lowest BCUT2D eigenvalue weighted by atomic mass is 10.1. The molecule has 154 valence electrons. The van der Waals surface area contributed by atoms with Crippen LogP contribution in [-0.4, -0.2) is 23.3 Å². The summed E-state index contributed by atoms with van der Waals surface area (Å²) in [6, 6.07) is 12.7. The highest BCUT2D eigenvalue weighted by Crippen LogP contribution is 2.31. The Morgan fingerprint density at radius 1 is 1.23 bits per heavy atom. The Kier molecular flexibility index (Phi) is 5.74. The third kappa shape index (κ3) is 4.32. The highest BCUT2D eigenvalue weighted by Gasteiger charge is 2.23. The number of aromatic nitrogens is 1. The van der Waals surface area contributed by atoms with E-state index in [2.05, 4.69) is 10.3 Å². The molecule has 3 aromatic rings. The molecule has 4 rings (SSSR count). The fourth-order valence-electron chi connectivity index (χ4n) is 3.40. The molecule has 30 heavy (non-hydrogen) atoms. The predicted octanol–water partition coefficient (Wildman–Crippen LogP) is 4.85. The van der Waals surface area contributed by atoms with E-state index in [1.54, 1.807) is 36.1 Å². The van der Waals surface area contributed by atoms with E-state index in [0.717, 1.165) is 22.7 Å². The number of hydrogen-bond donors (Lipinski definition) is 1. The topological polar surface area (TPSA) is 71.5 Å². The van der Waals surface area contributed by atoms with Crippen LogP contribution in [0.3, 0.4) is 0 Å². The number of carbonyl (C=O) groups excluding carboxylic acids is 2. The van der Waals surface area contributed by atoms with Gasteiger partial charge in [0, 0.05) is 29.9 Å². The number of amides is 2. The van der Waals surface area contributed by atoms with Gasteiger partial charge in [-0.25, -0.2) is 4.98 Å². The number of thiazole rings is 1. The lowest BCUT2D eigenvalue weighted by Crippen LogP contribution is -2.25. The number of fused-ring (bicyclic) bond motifs is 1. The standard InChI is InChI=1S/C22H20ClN3O3S/c1-13-21(30-20(24-13)12-29-18-6-3-16(23)4-7-18)22(28)25-17-5-8-19-15(11-17)9-10-26(19)14(2)27/h3-8,11H,9-10,12H2,1-2H3,(H,25,28). The van der Waals surface area contributed by atoms with Gasteiger partial charge in [-0.1, -0.05) is 11.6 Å². The Bertz CT molecular complexity index is 1110. The van der Waals surface area contributed by atoms with E-state index in [-0.39, 0.29) is 18.4 Å². The molecule has 0 radical (unpaired) electrons. The van der Waals surface area contributed by atoms with Crippen molar-refractivity contribution < 1.29 is 14.3 Å². The zero-order valence-corrected chi connectivity index (χ0v) is 18.1. The number of ether oxygens (including phenoxy) is 1. The van der Waals surface area contributed by atoms with Crippen LogP contribution in [-0.2, 0) is 17.8 Å². The zero-order valence-electron chi connectivity index (χ0n) is 16.6. The van der Waals surface area contributed by atoms with Gasteiger partial charge in [0.25, 0.3) is 5.91 Å². The first-order valence-electron chi connectivity index (χ1n) is 9.48. The minimum absolute atomic E-state index is 0.0270. The van der Waals surface area contributed by atoms with Crippen LogP contribution in [0.2, 0.25) is 5.02 Å². The monoisotopic (exact) mass is 441 g/mol. The van der Waals surface area contributed by atoms with Crippen molar-refractivity contribution in [2.75, 3.05) is 16.8 Å². The maximum Gasteiger partial charge on any atom is 0.267 e. The van der Waals surface area contributed by atoms with Crippen molar-refractivity contribution in [3.05, 3.63) is 68.6 Å². The number of benzene rings is 2. The zero-order chi connectivity index (χ0) is 21.3. The first kappa shape index (κ1) is 20.4. The van der Waals surface area contributed by atoms with Crippen LogP contribution in [0.15, 0.2) is 42.5 Å². The smallest absolute Gasteiger partial charge is 0.267 e. The average Bonchev–Trinajstić information content (AvgIpc) is 3.30. The number of halogens is 1. The summed E-state index contributed by atoms with van der Waals surface area (Å²) in [5.41, 5.74) is 3.34. The molecule has 0 atom stereocenters. The van der Waals surface area contributed by atoms with E-state index in [1.165, 1.54) is 11.3 Å². The van der Waals surface area contributed by atoms with E-state index in [4.69, 9.17) is 16.3 Å². The lowest BCUT2D eigenvalue weighted by molar-refractivity contribution is -0.116. The summed E-state index contributed by atoms with van der Waals surface area (Å²) in [4.78, 5) is 31.2. The van der Waals surface area contributed by atoms with Crippen LogP contribution in [0.4, 0.5) is 11.4 Å².